The Kier molecular flexibility index (Phi) is 16.1. The van der Waals surface area contributed by atoms with Crippen molar-refractivity contribution in [1.29, 1.82) is 0 Å². The number of aryl methyl sites for hydroxylation is 2. The Hall–Kier alpha value is -4.73. The number of pyridine rings is 2. The summed E-state index contributed by atoms with van der Waals surface area (Å²) in [4.78, 5) is 9.23. The van der Waals surface area contributed by atoms with Crippen LogP contribution in [0.5, 0.6) is 0 Å². The topological polar surface area (TPSA) is 219 Å². The van der Waals surface area contributed by atoms with Gasteiger partial charge in [0.2, 0.25) is 20.0 Å². The van der Waals surface area contributed by atoms with Gasteiger partial charge in [-0.05, 0) is 134 Å². The summed E-state index contributed by atoms with van der Waals surface area (Å²) in [6, 6.07) is 28.6. The molecule has 6 heterocycles. The summed E-state index contributed by atoms with van der Waals surface area (Å²) >= 11 is 14.7. The van der Waals surface area contributed by atoms with Crippen molar-refractivity contribution >= 4 is 121 Å². The zero-order chi connectivity index (χ0) is 51.8. The quantitative estimate of drug-likeness (QED) is 0.0996. The molecule has 0 saturated carbocycles. The maximum atomic E-state index is 13.4. The van der Waals surface area contributed by atoms with Crippen LogP contribution in [0.1, 0.15) is 36.8 Å². The lowest BCUT2D eigenvalue weighted by atomic mass is 9.81. The number of hydrogen-bond acceptors (Lipinski definition) is 12. The Balaban J connectivity index is 0.000000156. The number of nitrogens with zero attached hydrogens (tertiary/aromatic N) is 6. The molecule has 2 aliphatic heterocycles. The average molecular weight is 1200 g/mol. The molecular formula is C48H46BCl2IN6O10S4. The third-order valence-corrected chi connectivity index (χ3v) is 20.7. The zero-order valence-corrected chi connectivity index (χ0v) is 45.5. The van der Waals surface area contributed by atoms with Crippen LogP contribution in [0.3, 0.4) is 0 Å². The molecule has 24 heteroatoms. The summed E-state index contributed by atoms with van der Waals surface area (Å²) in [5.74, 6) is 0. The molecule has 2 aliphatic rings. The van der Waals surface area contributed by atoms with E-state index in [2.05, 4.69) is 32.6 Å². The van der Waals surface area contributed by atoms with Gasteiger partial charge in [-0.3, -0.25) is 0 Å². The minimum Gasteiger partial charge on any atom is -0.423 e. The first-order valence-corrected chi connectivity index (χ1v) is 29.9. The zero-order valence-electron chi connectivity index (χ0n) is 38.5. The molecule has 0 bridgehead atoms. The van der Waals surface area contributed by atoms with Gasteiger partial charge in [0, 0.05) is 65.5 Å². The highest BCUT2D eigenvalue weighted by atomic mass is 127. The van der Waals surface area contributed by atoms with Crippen molar-refractivity contribution in [2.24, 2.45) is 0 Å². The van der Waals surface area contributed by atoms with E-state index in [-0.39, 0.29) is 30.7 Å². The Bertz CT molecular complexity index is 3740. The van der Waals surface area contributed by atoms with Crippen LogP contribution in [0.15, 0.2) is 154 Å². The van der Waals surface area contributed by atoms with Gasteiger partial charge in [-0.2, -0.15) is 8.61 Å². The summed E-state index contributed by atoms with van der Waals surface area (Å²) in [5, 5.41) is 19.8. The number of hydrogen-bond donors (Lipinski definition) is 2. The van der Waals surface area contributed by atoms with Crippen molar-refractivity contribution in [3.05, 3.63) is 159 Å². The molecule has 4 aromatic heterocycles. The van der Waals surface area contributed by atoms with Crippen LogP contribution in [0.4, 0.5) is 0 Å². The van der Waals surface area contributed by atoms with E-state index in [4.69, 9.17) is 33.2 Å². The molecule has 10 rings (SSSR count). The first kappa shape index (κ1) is 53.6. The molecule has 2 N–H and O–H groups in total. The van der Waals surface area contributed by atoms with Crippen LogP contribution in [0.25, 0.3) is 33.2 Å². The molecule has 0 radical (unpaired) electrons. The average Bonchev–Trinajstić information content (AvgIpc) is 4.21. The van der Waals surface area contributed by atoms with Crippen molar-refractivity contribution in [2.75, 3.05) is 26.2 Å². The highest BCUT2D eigenvalue weighted by Gasteiger charge is 2.30. The Morgan fingerprint density at radius 2 is 0.861 bits per heavy atom. The maximum absolute atomic E-state index is 13.4. The van der Waals surface area contributed by atoms with Crippen molar-refractivity contribution in [1.82, 2.24) is 26.5 Å². The lowest BCUT2D eigenvalue weighted by Gasteiger charge is -2.15. The van der Waals surface area contributed by atoms with Crippen LogP contribution in [-0.4, -0.2) is 104 Å². The van der Waals surface area contributed by atoms with E-state index in [1.165, 1.54) is 55.4 Å². The van der Waals surface area contributed by atoms with Crippen LogP contribution in [0.2, 0.25) is 10.0 Å². The number of aromatic nitrogens is 4. The van der Waals surface area contributed by atoms with Gasteiger partial charge >= 0.3 is 7.12 Å². The minimum atomic E-state index is -3.94. The molecule has 8 aromatic rings. The lowest BCUT2D eigenvalue weighted by molar-refractivity contribution is 0.425. The van der Waals surface area contributed by atoms with E-state index >= 15 is 0 Å². The van der Waals surface area contributed by atoms with Crippen LogP contribution < -0.4 is 5.46 Å². The second-order valence-electron chi connectivity index (χ2n) is 16.9. The summed E-state index contributed by atoms with van der Waals surface area (Å²) in [6.07, 6.45) is 9.50. The molecule has 0 amide bonds. The molecule has 16 nitrogen and oxygen atoms in total. The van der Waals surface area contributed by atoms with E-state index in [9.17, 15) is 33.7 Å². The predicted molar refractivity (Wildman–Crippen MR) is 287 cm³/mol. The van der Waals surface area contributed by atoms with E-state index in [0.29, 0.717) is 63.8 Å². The first-order valence-electron chi connectivity index (χ1n) is 22.3. The van der Waals surface area contributed by atoms with E-state index < -0.39 is 47.2 Å². The van der Waals surface area contributed by atoms with Gasteiger partial charge in [-0.1, -0.05) is 82.9 Å². The standard InChI is InChI=1S/C24H22ClN3O4S2.C14H10ClIN2O2S.C10H14BNO4S/c1-17-4-8-20(9-5-17)34(31,32)28-16-21(23-22(25)12-13-26-24(23)28)18-6-10-19(11-7-18)33(29,30)27-14-2-3-15-27;1-9-2-4-10(5-3-9)21(19,20)18-8-12(16)13-11(15)6-7-17-14(13)18;13-11(14)9-3-5-10(6-4-9)17(15,16)12-7-1-2-8-12/h4-13,16H,2-3,14-15H2,1H3;2-8H,1H3;3-6,13-14H,1-2,7-8H2. The summed E-state index contributed by atoms with van der Waals surface area (Å²) < 4.78 is 108. The van der Waals surface area contributed by atoms with E-state index in [1.54, 1.807) is 91.1 Å². The molecule has 376 valence electrons. The van der Waals surface area contributed by atoms with Gasteiger partial charge in [0.25, 0.3) is 20.0 Å². The summed E-state index contributed by atoms with van der Waals surface area (Å²) in [7, 11) is -16.2. The smallest absolute Gasteiger partial charge is 0.423 e. The van der Waals surface area contributed by atoms with E-state index in [1.807, 2.05) is 13.8 Å². The van der Waals surface area contributed by atoms with Crippen molar-refractivity contribution in [3.8, 4) is 11.1 Å². The monoisotopic (exact) mass is 1200 g/mol. The number of fused-ring (bicyclic) bond motifs is 2. The normalized spacial score (nSPS) is 14.8. The minimum absolute atomic E-state index is 0.135. The van der Waals surface area contributed by atoms with Crippen molar-refractivity contribution in [3.63, 3.8) is 0 Å². The van der Waals surface area contributed by atoms with E-state index in [0.717, 1.165) is 44.4 Å². The lowest BCUT2D eigenvalue weighted by Crippen LogP contribution is -2.31. The van der Waals surface area contributed by atoms with Crippen LogP contribution in [0, 0.1) is 17.4 Å². The predicted octanol–water partition coefficient (Wildman–Crippen LogP) is 7.68. The third-order valence-electron chi connectivity index (χ3n) is 12.1. The molecule has 2 fully saturated rings. The number of sulfonamides is 2. The highest BCUT2D eigenvalue weighted by Crippen LogP contribution is 2.37. The molecule has 0 aliphatic carbocycles. The van der Waals surface area contributed by atoms with Crippen molar-refractivity contribution < 1.29 is 43.7 Å². The Morgan fingerprint density at radius 1 is 0.500 bits per heavy atom. The van der Waals surface area contributed by atoms with Gasteiger partial charge in [-0.15, -0.1) is 0 Å². The molecule has 72 heavy (non-hydrogen) atoms. The fourth-order valence-corrected chi connectivity index (χ4v) is 15.5. The summed E-state index contributed by atoms with van der Waals surface area (Å²) in [6.45, 7) is 5.96. The van der Waals surface area contributed by atoms with Gasteiger partial charge < -0.3 is 10.0 Å². The molecule has 0 spiro atoms. The SMILES string of the molecule is Cc1ccc(S(=O)(=O)n2cc(-c3ccc(S(=O)(=O)N4CCCC4)cc3)c3c(Cl)ccnc32)cc1.Cc1ccc(S(=O)(=O)n2cc(I)c3c(Cl)ccnc32)cc1.O=S(=O)(c1ccc(B(O)O)cc1)N1CCCC1. The van der Waals surface area contributed by atoms with Gasteiger partial charge in [0.05, 0.1) is 35.0 Å². The number of halogens is 3. The fourth-order valence-electron chi connectivity index (χ4n) is 8.14. The van der Waals surface area contributed by atoms with Crippen molar-refractivity contribution in [2.45, 2.75) is 59.1 Å². The van der Waals surface area contributed by atoms with Gasteiger partial charge in [0.1, 0.15) is 0 Å². The fraction of sp³-hybridized carbons (Fsp3) is 0.208. The second kappa shape index (κ2) is 21.6. The summed E-state index contributed by atoms with van der Waals surface area (Å²) in [5.41, 5.74) is 3.96. The Morgan fingerprint density at radius 3 is 1.29 bits per heavy atom. The largest absolute Gasteiger partial charge is 0.488 e. The number of rotatable bonds is 10. The van der Waals surface area contributed by atoms with Crippen LogP contribution >= 0.6 is 45.8 Å². The highest BCUT2D eigenvalue weighted by molar-refractivity contribution is 14.1. The first-order chi connectivity index (χ1) is 34.1. The molecule has 4 aromatic carbocycles. The van der Waals surface area contributed by atoms with Crippen LogP contribution in [-0.2, 0) is 40.1 Å². The van der Waals surface area contributed by atoms with Gasteiger partial charge in [0.15, 0.2) is 11.3 Å². The Labute approximate surface area is 442 Å². The third kappa shape index (κ3) is 10.9. The maximum Gasteiger partial charge on any atom is 0.488 e. The van der Waals surface area contributed by atoms with Gasteiger partial charge in [-0.25, -0.2) is 51.6 Å². The molecular weight excluding hydrogens is 1160 g/mol. The second-order valence-corrected chi connectivity index (χ2v) is 26.4. The number of benzene rings is 4. The molecule has 0 atom stereocenters. The molecule has 2 saturated heterocycles. The molecule has 0 unspecified atom stereocenters.